The summed E-state index contributed by atoms with van der Waals surface area (Å²) in [6, 6.07) is 3.54. The molecule has 0 aromatic carbocycles. The van der Waals surface area contributed by atoms with E-state index in [4.69, 9.17) is 0 Å². The lowest BCUT2D eigenvalue weighted by Crippen LogP contribution is -2.61. The molecule has 3 rings (SSSR count). The first kappa shape index (κ1) is 15.0. The zero-order chi connectivity index (χ0) is 15.6. The molecule has 2 fully saturated rings. The van der Waals surface area contributed by atoms with Crippen molar-refractivity contribution in [2.75, 3.05) is 19.6 Å². The number of rotatable bonds is 3. The molecule has 5 nitrogen and oxygen atoms in total. The molecular formula is C17H23N3O2. The molecule has 22 heavy (non-hydrogen) atoms. The van der Waals surface area contributed by atoms with Crippen LogP contribution in [-0.4, -0.2) is 51.8 Å². The first-order valence-electron chi connectivity index (χ1n) is 8.20. The molecule has 0 saturated carbocycles. The normalized spacial score (nSPS) is 25.0. The molecule has 1 unspecified atom stereocenters. The molecule has 118 valence electrons. The molecule has 2 amide bonds. The van der Waals surface area contributed by atoms with E-state index in [0.29, 0.717) is 12.1 Å². The number of likely N-dealkylation sites (tertiary alicyclic amines) is 2. The monoisotopic (exact) mass is 301 g/mol. The zero-order valence-electron chi connectivity index (χ0n) is 13.1. The molecule has 2 aliphatic rings. The number of carbonyl (C=O) groups excluding carboxylic acids is 2. The van der Waals surface area contributed by atoms with Crippen LogP contribution in [0, 0.1) is 0 Å². The summed E-state index contributed by atoms with van der Waals surface area (Å²) in [6.07, 6.45) is 7.66. The highest BCUT2D eigenvalue weighted by atomic mass is 16.2. The highest BCUT2D eigenvalue weighted by molar-refractivity contribution is 5.99. The van der Waals surface area contributed by atoms with E-state index >= 15 is 0 Å². The SMILES string of the molecule is CCCN1CCCC2(CCCN2C(=O)c2cccnc2)C1=O. The quantitative estimate of drug-likeness (QED) is 0.859. The maximum atomic E-state index is 13.0. The number of hydrogen-bond donors (Lipinski definition) is 0. The number of carbonyl (C=O) groups is 2. The number of piperidine rings is 1. The number of pyridine rings is 1. The van der Waals surface area contributed by atoms with E-state index in [-0.39, 0.29) is 11.8 Å². The van der Waals surface area contributed by atoms with Crippen LogP contribution < -0.4 is 0 Å². The zero-order valence-corrected chi connectivity index (χ0v) is 13.1. The largest absolute Gasteiger partial charge is 0.341 e. The summed E-state index contributed by atoms with van der Waals surface area (Å²) in [5.74, 6) is 0.0904. The minimum Gasteiger partial charge on any atom is -0.341 e. The molecule has 3 heterocycles. The lowest BCUT2D eigenvalue weighted by atomic mass is 9.85. The Morgan fingerprint density at radius 2 is 2.09 bits per heavy atom. The van der Waals surface area contributed by atoms with Crippen LogP contribution in [0.5, 0.6) is 0 Å². The smallest absolute Gasteiger partial charge is 0.256 e. The van der Waals surface area contributed by atoms with Crippen molar-refractivity contribution in [2.24, 2.45) is 0 Å². The van der Waals surface area contributed by atoms with Gasteiger partial charge in [0.15, 0.2) is 0 Å². The average Bonchev–Trinajstić information content (AvgIpc) is 2.97. The topological polar surface area (TPSA) is 53.5 Å². The minimum atomic E-state index is -0.611. The van der Waals surface area contributed by atoms with Gasteiger partial charge >= 0.3 is 0 Å². The van der Waals surface area contributed by atoms with Crippen LogP contribution in [0.15, 0.2) is 24.5 Å². The van der Waals surface area contributed by atoms with E-state index in [2.05, 4.69) is 11.9 Å². The molecule has 5 heteroatoms. The molecule has 0 N–H and O–H groups in total. The molecule has 1 aromatic rings. The van der Waals surface area contributed by atoms with Crippen molar-refractivity contribution in [3.05, 3.63) is 30.1 Å². The van der Waals surface area contributed by atoms with E-state index in [1.807, 2.05) is 9.80 Å². The second-order valence-corrected chi connectivity index (χ2v) is 6.23. The summed E-state index contributed by atoms with van der Waals surface area (Å²) in [6.45, 7) is 4.36. The third-order valence-electron chi connectivity index (χ3n) is 4.84. The highest BCUT2D eigenvalue weighted by Gasteiger charge is 2.52. The lowest BCUT2D eigenvalue weighted by molar-refractivity contribution is -0.145. The van der Waals surface area contributed by atoms with Gasteiger partial charge < -0.3 is 9.80 Å². The first-order valence-corrected chi connectivity index (χ1v) is 8.20. The Labute approximate surface area is 131 Å². The first-order chi connectivity index (χ1) is 10.7. The fourth-order valence-electron chi connectivity index (χ4n) is 3.85. The summed E-state index contributed by atoms with van der Waals surface area (Å²) in [5, 5.41) is 0. The van der Waals surface area contributed by atoms with Crippen LogP contribution in [-0.2, 0) is 4.79 Å². The molecular weight excluding hydrogens is 278 g/mol. The van der Waals surface area contributed by atoms with Crippen molar-refractivity contribution in [1.82, 2.24) is 14.8 Å². The standard InChI is InChI=1S/C17H23N3O2/c1-2-10-19-11-4-7-17(16(19)22)8-5-12-20(17)15(21)14-6-3-9-18-13-14/h3,6,9,13H,2,4-5,7-8,10-12H2,1H3. The van der Waals surface area contributed by atoms with Gasteiger partial charge in [-0.2, -0.15) is 0 Å². The third kappa shape index (κ3) is 2.38. The summed E-state index contributed by atoms with van der Waals surface area (Å²) in [4.78, 5) is 33.6. The van der Waals surface area contributed by atoms with Gasteiger partial charge in [-0.3, -0.25) is 14.6 Å². The van der Waals surface area contributed by atoms with Crippen molar-refractivity contribution in [1.29, 1.82) is 0 Å². The maximum Gasteiger partial charge on any atom is 0.256 e. The Morgan fingerprint density at radius 3 is 2.77 bits per heavy atom. The number of aromatic nitrogens is 1. The second kappa shape index (κ2) is 6.07. The Morgan fingerprint density at radius 1 is 1.32 bits per heavy atom. The lowest BCUT2D eigenvalue weighted by Gasteiger charge is -2.44. The Balaban J connectivity index is 1.88. The van der Waals surface area contributed by atoms with Crippen molar-refractivity contribution < 1.29 is 9.59 Å². The molecule has 0 aliphatic carbocycles. The van der Waals surface area contributed by atoms with E-state index in [9.17, 15) is 9.59 Å². The van der Waals surface area contributed by atoms with Gasteiger partial charge in [-0.15, -0.1) is 0 Å². The number of amides is 2. The van der Waals surface area contributed by atoms with Crippen molar-refractivity contribution in [2.45, 2.75) is 44.6 Å². The molecule has 1 atom stereocenters. The molecule has 0 radical (unpaired) electrons. The van der Waals surface area contributed by atoms with Gasteiger partial charge in [0, 0.05) is 32.0 Å². The Kier molecular flexibility index (Phi) is 4.14. The molecule has 0 bridgehead atoms. The van der Waals surface area contributed by atoms with Crippen molar-refractivity contribution in [3.8, 4) is 0 Å². The predicted molar refractivity (Wildman–Crippen MR) is 83.3 cm³/mol. The van der Waals surface area contributed by atoms with Gasteiger partial charge in [-0.05, 0) is 44.2 Å². The van der Waals surface area contributed by atoms with Crippen molar-refractivity contribution >= 4 is 11.8 Å². The predicted octanol–water partition coefficient (Wildman–Crippen LogP) is 2.09. The fraction of sp³-hybridized carbons (Fsp3) is 0.588. The third-order valence-corrected chi connectivity index (χ3v) is 4.84. The van der Waals surface area contributed by atoms with Crippen LogP contribution in [0.4, 0.5) is 0 Å². The average molecular weight is 301 g/mol. The summed E-state index contributed by atoms with van der Waals surface area (Å²) in [5.41, 5.74) is -0.0374. The van der Waals surface area contributed by atoms with Crippen LogP contribution in [0.1, 0.15) is 49.4 Å². The maximum absolute atomic E-state index is 13.0. The summed E-state index contributed by atoms with van der Waals surface area (Å²) < 4.78 is 0. The Hall–Kier alpha value is -1.91. The van der Waals surface area contributed by atoms with Gasteiger partial charge in [0.05, 0.1) is 5.56 Å². The number of nitrogens with zero attached hydrogens (tertiary/aromatic N) is 3. The number of hydrogen-bond acceptors (Lipinski definition) is 3. The van der Waals surface area contributed by atoms with E-state index < -0.39 is 5.54 Å². The Bertz CT molecular complexity index is 558. The minimum absolute atomic E-state index is 0.0581. The summed E-state index contributed by atoms with van der Waals surface area (Å²) in [7, 11) is 0. The molecule has 2 aliphatic heterocycles. The fourth-order valence-corrected chi connectivity index (χ4v) is 3.85. The van der Waals surface area contributed by atoms with E-state index in [1.165, 1.54) is 0 Å². The molecule has 2 saturated heterocycles. The summed E-state index contributed by atoms with van der Waals surface area (Å²) >= 11 is 0. The van der Waals surface area contributed by atoms with Gasteiger partial charge in [0.1, 0.15) is 5.54 Å². The van der Waals surface area contributed by atoms with E-state index in [0.717, 1.165) is 45.2 Å². The van der Waals surface area contributed by atoms with Crippen LogP contribution in [0.25, 0.3) is 0 Å². The van der Waals surface area contributed by atoms with Gasteiger partial charge in [0.2, 0.25) is 5.91 Å². The molecule has 1 aromatic heterocycles. The second-order valence-electron chi connectivity index (χ2n) is 6.23. The van der Waals surface area contributed by atoms with Crippen LogP contribution in [0.3, 0.4) is 0 Å². The van der Waals surface area contributed by atoms with Crippen LogP contribution >= 0.6 is 0 Å². The van der Waals surface area contributed by atoms with Gasteiger partial charge in [-0.25, -0.2) is 0 Å². The van der Waals surface area contributed by atoms with Gasteiger partial charge in [0.25, 0.3) is 5.91 Å². The van der Waals surface area contributed by atoms with Crippen LogP contribution in [0.2, 0.25) is 0 Å². The molecule has 1 spiro atoms. The van der Waals surface area contributed by atoms with E-state index in [1.54, 1.807) is 24.5 Å². The van der Waals surface area contributed by atoms with Crippen molar-refractivity contribution in [3.63, 3.8) is 0 Å². The highest BCUT2D eigenvalue weighted by Crippen LogP contribution is 2.39. The van der Waals surface area contributed by atoms with Gasteiger partial charge in [-0.1, -0.05) is 6.92 Å².